The molecule has 0 saturated heterocycles. The van der Waals surface area contributed by atoms with Crippen LogP contribution in [0.4, 0.5) is 0 Å². The fourth-order valence-electron chi connectivity index (χ4n) is 3.30. The average molecular weight is 438 g/mol. The van der Waals surface area contributed by atoms with Crippen LogP contribution in [-0.4, -0.2) is 31.6 Å². The van der Waals surface area contributed by atoms with Crippen LogP contribution < -0.4 is 10.9 Å². The third-order valence-corrected chi connectivity index (χ3v) is 6.45. The van der Waals surface area contributed by atoms with Crippen LogP contribution >= 0.6 is 11.3 Å². The van der Waals surface area contributed by atoms with Gasteiger partial charge in [-0.25, -0.2) is 4.98 Å². The molecule has 3 aromatic heterocycles. The number of benzene rings is 1. The zero-order valence-corrected chi connectivity index (χ0v) is 18.6. The minimum Gasteiger partial charge on any atom is -0.352 e. The van der Waals surface area contributed by atoms with Crippen molar-refractivity contribution in [2.45, 2.75) is 46.7 Å². The topological polar surface area (TPSA) is 103 Å². The molecule has 0 radical (unpaired) electrons. The first-order chi connectivity index (χ1) is 14.9. The molecule has 0 saturated carbocycles. The summed E-state index contributed by atoms with van der Waals surface area (Å²) >= 11 is 1.32. The second-order valence-electron chi connectivity index (χ2n) is 7.53. The average Bonchev–Trinajstić information content (AvgIpc) is 3.35. The van der Waals surface area contributed by atoms with Gasteiger partial charge in [0.1, 0.15) is 11.4 Å². The van der Waals surface area contributed by atoms with E-state index in [2.05, 4.69) is 20.4 Å². The SMILES string of the molecule is CC[C@H](C)NC(=O)Cn1cnc2sc(-c3nc(-c4ccccc4C)no3)c(C)c2c1=O. The first-order valence-electron chi connectivity index (χ1n) is 10.1. The smallest absolute Gasteiger partial charge is 0.268 e. The molecule has 0 fully saturated rings. The number of hydrogen-bond donors (Lipinski definition) is 1. The van der Waals surface area contributed by atoms with E-state index in [1.54, 1.807) is 0 Å². The van der Waals surface area contributed by atoms with Crippen molar-refractivity contribution >= 4 is 27.5 Å². The normalized spacial score (nSPS) is 12.3. The molecule has 4 rings (SSSR count). The summed E-state index contributed by atoms with van der Waals surface area (Å²) in [4.78, 5) is 35.5. The number of nitrogens with one attached hydrogen (secondary N) is 1. The maximum atomic E-state index is 13.0. The van der Waals surface area contributed by atoms with Gasteiger partial charge in [-0.1, -0.05) is 36.3 Å². The molecular formula is C22H23N5O3S. The predicted octanol–water partition coefficient (Wildman–Crippen LogP) is 3.71. The quantitative estimate of drug-likeness (QED) is 0.493. The van der Waals surface area contributed by atoms with Crippen LogP contribution in [0.15, 0.2) is 39.9 Å². The minimum absolute atomic E-state index is 0.0503. The summed E-state index contributed by atoms with van der Waals surface area (Å²) in [5, 5.41) is 7.45. The highest BCUT2D eigenvalue weighted by Gasteiger charge is 2.21. The van der Waals surface area contributed by atoms with Gasteiger partial charge in [0.05, 0.1) is 16.6 Å². The molecule has 160 valence electrons. The van der Waals surface area contributed by atoms with Crippen LogP contribution in [0.2, 0.25) is 0 Å². The van der Waals surface area contributed by atoms with E-state index in [1.807, 2.05) is 52.0 Å². The highest BCUT2D eigenvalue weighted by Crippen LogP contribution is 2.35. The number of thiophene rings is 1. The van der Waals surface area contributed by atoms with E-state index < -0.39 is 0 Å². The Kier molecular flexibility index (Phi) is 5.69. The monoisotopic (exact) mass is 437 g/mol. The maximum absolute atomic E-state index is 13.0. The maximum Gasteiger partial charge on any atom is 0.268 e. The van der Waals surface area contributed by atoms with E-state index in [1.165, 1.54) is 22.2 Å². The molecule has 0 unspecified atom stereocenters. The lowest BCUT2D eigenvalue weighted by molar-refractivity contribution is -0.122. The second kappa shape index (κ2) is 8.43. The van der Waals surface area contributed by atoms with Gasteiger partial charge in [-0.3, -0.25) is 14.2 Å². The Bertz CT molecular complexity index is 1320. The molecule has 1 aromatic carbocycles. The van der Waals surface area contributed by atoms with Crippen molar-refractivity contribution in [2.24, 2.45) is 0 Å². The van der Waals surface area contributed by atoms with Gasteiger partial charge in [0.2, 0.25) is 11.7 Å². The second-order valence-corrected chi connectivity index (χ2v) is 8.53. The lowest BCUT2D eigenvalue weighted by Gasteiger charge is -2.12. The number of carbonyl (C=O) groups excluding carboxylic acids is 1. The summed E-state index contributed by atoms with van der Waals surface area (Å²) in [6, 6.07) is 7.85. The van der Waals surface area contributed by atoms with Gasteiger partial charge in [-0.05, 0) is 38.3 Å². The Morgan fingerprint density at radius 1 is 1.29 bits per heavy atom. The fourth-order valence-corrected chi connectivity index (χ4v) is 4.36. The first-order valence-corrected chi connectivity index (χ1v) is 10.9. The van der Waals surface area contributed by atoms with Crippen LogP contribution in [0.3, 0.4) is 0 Å². The van der Waals surface area contributed by atoms with Crippen LogP contribution in [0.25, 0.3) is 32.4 Å². The molecule has 0 spiro atoms. The van der Waals surface area contributed by atoms with Crippen molar-refractivity contribution in [3.63, 3.8) is 0 Å². The van der Waals surface area contributed by atoms with Crippen molar-refractivity contribution < 1.29 is 9.32 Å². The third-order valence-electron chi connectivity index (χ3n) is 5.26. The number of nitrogens with zero attached hydrogens (tertiary/aromatic N) is 4. The molecular weight excluding hydrogens is 414 g/mol. The van der Waals surface area contributed by atoms with Crippen molar-refractivity contribution in [3.05, 3.63) is 52.1 Å². The number of aromatic nitrogens is 4. The van der Waals surface area contributed by atoms with Crippen molar-refractivity contribution in [1.29, 1.82) is 0 Å². The molecule has 3 heterocycles. The Labute approximate surface area is 182 Å². The number of hydrogen-bond acceptors (Lipinski definition) is 7. The van der Waals surface area contributed by atoms with E-state index in [0.717, 1.165) is 17.5 Å². The molecule has 0 bridgehead atoms. The predicted molar refractivity (Wildman–Crippen MR) is 120 cm³/mol. The molecule has 0 aliphatic rings. The highest BCUT2D eigenvalue weighted by atomic mass is 32.1. The Hall–Kier alpha value is -3.33. The van der Waals surface area contributed by atoms with E-state index in [-0.39, 0.29) is 24.1 Å². The van der Waals surface area contributed by atoms with E-state index in [4.69, 9.17) is 4.52 Å². The number of rotatable bonds is 6. The Morgan fingerprint density at radius 2 is 2.06 bits per heavy atom. The zero-order valence-electron chi connectivity index (χ0n) is 17.8. The molecule has 0 aliphatic carbocycles. The summed E-state index contributed by atoms with van der Waals surface area (Å²) in [5.41, 5.74) is 2.39. The lowest BCUT2D eigenvalue weighted by atomic mass is 10.1. The fraction of sp³-hybridized carbons (Fsp3) is 0.318. The van der Waals surface area contributed by atoms with Crippen LogP contribution in [0.5, 0.6) is 0 Å². The minimum atomic E-state index is -0.261. The van der Waals surface area contributed by atoms with Crippen LogP contribution in [0.1, 0.15) is 31.4 Å². The van der Waals surface area contributed by atoms with Crippen molar-refractivity contribution in [2.75, 3.05) is 0 Å². The molecule has 8 nitrogen and oxygen atoms in total. The van der Waals surface area contributed by atoms with E-state index in [9.17, 15) is 9.59 Å². The molecule has 0 aliphatic heterocycles. The van der Waals surface area contributed by atoms with Gasteiger partial charge in [-0.15, -0.1) is 11.3 Å². The number of fused-ring (bicyclic) bond motifs is 1. The van der Waals surface area contributed by atoms with Gasteiger partial charge in [0.15, 0.2) is 0 Å². The van der Waals surface area contributed by atoms with E-state index in [0.29, 0.717) is 32.4 Å². The molecule has 4 aromatic rings. The molecule has 31 heavy (non-hydrogen) atoms. The van der Waals surface area contributed by atoms with Crippen molar-refractivity contribution in [1.82, 2.24) is 25.0 Å². The van der Waals surface area contributed by atoms with Gasteiger partial charge in [0.25, 0.3) is 11.4 Å². The molecule has 1 N–H and O–H groups in total. The number of amides is 1. The molecule has 9 heteroatoms. The highest BCUT2D eigenvalue weighted by molar-refractivity contribution is 7.22. The van der Waals surface area contributed by atoms with E-state index >= 15 is 0 Å². The summed E-state index contributed by atoms with van der Waals surface area (Å²) in [6.45, 7) is 7.66. The van der Waals surface area contributed by atoms with Crippen LogP contribution in [0, 0.1) is 13.8 Å². The Balaban J connectivity index is 1.69. The number of aryl methyl sites for hydroxylation is 2. The summed E-state index contributed by atoms with van der Waals surface area (Å²) in [5.74, 6) is 0.627. The van der Waals surface area contributed by atoms with Gasteiger partial charge in [-0.2, -0.15) is 4.98 Å². The standard InChI is InChI=1S/C22H23N5O3S/c1-5-13(3)24-16(28)10-27-11-23-21-17(22(27)29)14(4)18(31-21)20-25-19(26-30-20)15-9-7-6-8-12(15)2/h6-9,11,13H,5,10H2,1-4H3,(H,24,28)/t13-/m0/s1. The van der Waals surface area contributed by atoms with Gasteiger partial charge < -0.3 is 9.84 Å². The Morgan fingerprint density at radius 3 is 2.81 bits per heavy atom. The zero-order chi connectivity index (χ0) is 22.1. The number of carbonyl (C=O) groups is 1. The van der Waals surface area contributed by atoms with Crippen LogP contribution in [-0.2, 0) is 11.3 Å². The summed E-state index contributed by atoms with van der Waals surface area (Å²) < 4.78 is 6.84. The summed E-state index contributed by atoms with van der Waals surface area (Å²) in [6.07, 6.45) is 2.23. The van der Waals surface area contributed by atoms with Crippen molar-refractivity contribution in [3.8, 4) is 22.2 Å². The first kappa shape index (κ1) is 20.9. The van der Waals surface area contributed by atoms with Gasteiger partial charge >= 0.3 is 0 Å². The third kappa shape index (κ3) is 4.00. The lowest BCUT2D eigenvalue weighted by Crippen LogP contribution is -2.37. The molecule has 1 amide bonds. The van der Waals surface area contributed by atoms with Gasteiger partial charge in [0, 0.05) is 11.6 Å². The molecule has 1 atom stereocenters. The summed E-state index contributed by atoms with van der Waals surface area (Å²) in [7, 11) is 0. The largest absolute Gasteiger partial charge is 0.352 e.